The summed E-state index contributed by atoms with van der Waals surface area (Å²) in [6.07, 6.45) is 3.30. The molecule has 1 aromatic carbocycles. The average Bonchev–Trinajstić information content (AvgIpc) is 2.84. The van der Waals surface area contributed by atoms with Crippen LogP contribution in [0.15, 0.2) is 40.8 Å². The quantitative estimate of drug-likeness (QED) is 0.786. The summed E-state index contributed by atoms with van der Waals surface area (Å²) in [4.78, 5) is 22.7. The molecule has 0 aliphatic carbocycles. The van der Waals surface area contributed by atoms with E-state index >= 15 is 0 Å². The highest BCUT2D eigenvalue weighted by Gasteiger charge is 2.33. The molecule has 20 heavy (non-hydrogen) atoms. The SMILES string of the molecule is CC1(C)C=CC(=O)C(c2cc3cc(C=O)ccc3o2)O1. The van der Waals surface area contributed by atoms with Crippen LogP contribution in [0.5, 0.6) is 0 Å². The second-order valence-corrected chi connectivity index (χ2v) is 5.40. The first kappa shape index (κ1) is 12.8. The minimum Gasteiger partial charge on any atom is -0.458 e. The van der Waals surface area contributed by atoms with Crippen molar-refractivity contribution in [1.82, 2.24) is 0 Å². The van der Waals surface area contributed by atoms with Crippen LogP contribution in [-0.4, -0.2) is 17.7 Å². The second-order valence-electron chi connectivity index (χ2n) is 5.40. The van der Waals surface area contributed by atoms with Gasteiger partial charge in [-0.1, -0.05) is 0 Å². The van der Waals surface area contributed by atoms with Crippen LogP contribution in [0.25, 0.3) is 11.0 Å². The highest BCUT2D eigenvalue weighted by Crippen LogP contribution is 2.33. The number of ketones is 1. The number of furan rings is 1. The van der Waals surface area contributed by atoms with Crippen molar-refractivity contribution in [3.63, 3.8) is 0 Å². The van der Waals surface area contributed by atoms with E-state index in [0.29, 0.717) is 16.9 Å². The zero-order valence-corrected chi connectivity index (χ0v) is 11.3. The molecule has 1 unspecified atom stereocenters. The summed E-state index contributed by atoms with van der Waals surface area (Å²) in [5.74, 6) is 0.324. The third kappa shape index (κ3) is 2.18. The van der Waals surface area contributed by atoms with Gasteiger partial charge in [0.1, 0.15) is 17.6 Å². The highest BCUT2D eigenvalue weighted by molar-refractivity contribution is 5.96. The fourth-order valence-corrected chi connectivity index (χ4v) is 2.25. The topological polar surface area (TPSA) is 56.5 Å². The van der Waals surface area contributed by atoms with Gasteiger partial charge in [-0.25, -0.2) is 0 Å². The fourth-order valence-electron chi connectivity index (χ4n) is 2.25. The number of benzene rings is 1. The van der Waals surface area contributed by atoms with Crippen LogP contribution in [0.3, 0.4) is 0 Å². The molecule has 102 valence electrons. The third-order valence-corrected chi connectivity index (χ3v) is 3.28. The van der Waals surface area contributed by atoms with Crippen molar-refractivity contribution in [2.45, 2.75) is 25.6 Å². The zero-order valence-electron chi connectivity index (χ0n) is 11.3. The number of aldehydes is 1. The molecule has 0 radical (unpaired) electrons. The van der Waals surface area contributed by atoms with Gasteiger partial charge in [0.25, 0.3) is 0 Å². The Morgan fingerprint density at radius 1 is 1.25 bits per heavy atom. The Balaban J connectivity index is 2.04. The predicted octanol–water partition coefficient (Wildman–Crippen LogP) is 3.22. The van der Waals surface area contributed by atoms with Gasteiger partial charge in [-0.05, 0) is 50.3 Å². The molecule has 2 heterocycles. The van der Waals surface area contributed by atoms with E-state index in [-0.39, 0.29) is 5.78 Å². The van der Waals surface area contributed by atoms with Gasteiger partial charge < -0.3 is 9.15 Å². The molecule has 0 amide bonds. The van der Waals surface area contributed by atoms with Crippen LogP contribution in [0.4, 0.5) is 0 Å². The van der Waals surface area contributed by atoms with Gasteiger partial charge in [-0.15, -0.1) is 0 Å². The normalized spacial score (nSPS) is 21.3. The standard InChI is InChI=1S/C16H14O4/c1-16(2)6-5-12(18)15(20-16)14-8-11-7-10(9-17)3-4-13(11)19-14/h3-9,15H,1-2H3. The summed E-state index contributed by atoms with van der Waals surface area (Å²) in [6, 6.07) is 6.87. The zero-order chi connectivity index (χ0) is 14.3. The van der Waals surface area contributed by atoms with Gasteiger partial charge in [0, 0.05) is 10.9 Å². The van der Waals surface area contributed by atoms with Crippen molar-refractivity contribution in [2.75, 3.05) is 0 Å². The molecule has 0 saturated carbocycles. The smallest absolute Gasteiger partial charge is 0.192 e. The van der Waals surface area contributed by atoms with Crippen molar-refractivity contribution in [3.8, 4) is 0 Å². The van der Waals surface area contributed by atoms with Crippen molar-refractivity contribution in [2.24, 2.45) is 0 Å². The number of ether oxygens (including phenoxy) is 1. The molecule has 1 aliphatic rings. The van der Waals surface area contributed by atoms with Gasteiger partial charge in [-0.2, -0.15) is 0 Å². The number of hydrogen-bond acceptors (Lipinski definition) is 4. The molecule has 2 aromatic rings. The van der Waals surface area contributed by atoms with Crippen LogP contribution < -0.4 is 0 Å². The van der Waals surface area contributed by atoms with E-state index in [2.05, 4.69) is 0 Å². The van der Waals surface area contributed by atoms with Gasteiger partial charge in [0.05, 0.1) is 5.60 Å². The monoisotopic (exact) mass is 270 g/mol. The lowest BCUT2D eigenvalue weighted by atomic mass is 10.0. The highest BCUT2D eigenvalue weighted by atomic mass is 16.5. The molecule has 4 nitrogen and oxygen atoms in total. The molecule has 1 atom stereocenters. The molecule has 0 bridgehead atoms. The summed E-state index contributed by atoms with van der Waals surface area (Å²) in [6.45, 7) is 3.77. The van der Waals surface area contributed by atoms with Crippen molar-refractivity contribution >= 4 is 23.0 Å². The van der Waals surface area contributed by atoms with E-state index in [1.54, 1.807) is 30.3 Å². The Morgan fingerprint density at radius 3 is 2.80 bits per heavy atom. The average molecular weight is 270 g/mol. The van der Waals surface area contributed by atoms with E-state index in [1.165, 1.54) is 6.08 Å². The molecule has 0 fully saturated rings. The molecule has 4 heteroatoms. The van der Waals surface area contributed by atoms with Gasteiger partial charge in [0.15, 0.2) is 11.9 Å². The Labute approximate surface area is 116 Å². The van der Waals surface area contributed by atoms with Gasteiger partial charge in [0.2, 0.25) is 0 Å². The predicted molar refractivity (Wildman–Crippen MR) is 73.7 cm³/mol. The van der Waals surface area contributed by atoms with Gasteiger partial charge in [-0.3, -0.25) is 9.59 Å². The van der Waals surface area contributed by atoms with Gasteiger partial charge >= 0.3 is 0 Å². The first-order valence-corrected chi connectivity index (χ1v) is 6.38. The minimum atomic E-state index is -0.734. The summed E-state index contributed by atoms with van der Waals surface area (Å²) < 4.78 is 11.4. The molecular formula is C16H14O4. The number of carbonyl (C=O) groups is 2. The summed E-state index contributed by atoms with van der Waals surface area (Å²) in [7, 11) is 0. The number of hydrogen-bond donors (Lipinski definition) is 0. The van der Waals surface area contributed by atoms with E-state index in [9.17, 15) is 9.59 Å². The summed E-state index contributed by atoms with van der Waals surface area (Å²) in [5.41, 5.74) is 0.696. The number of fused-ring (bicyclic) bond motifs is 1. The number of rotatable bonds is 2. The van der Waals surface area contributed by atoms with E-state index in [4.69, 9.17) is 9.15 Å². The first-order chi connectivity index (χ1) is 9.48. The van der Waals surface area contributed by atoms with Crippen molar-refractivity contribution < 1.29 is 18.7 Å². The first-order valence-electron chi connectivity index (χ1n) is 6.38. The van der Waals surface area contributed by atoms with E-state index in [1.807, 2.05) is 13.8 Å². The summed E-state index contributed by atoms with van der Waals surface area (Å²) >= 11 is 0. The van der Waals surface area contributed by atoms with Crippen LogP contribution in [0.1, 0.15) is 36.1 Å². The largest absolute Gasteiger partial charge is 0.458 e. The van der Waals surface area contributed by atoms with E-state index < -0.39 is 11.7 Å². The maximum atomic E-state index is 12.0. The Kier molecular flexibility index (Phi) is 2.83. The Bertz CT molecular complexity index is 721. The molecule has 1 aliphatic heterocycles. The minimum absolute atomic E-state index is 0.140. The molecule has 0 N–H and O–H groups in total. The van der Waals surface area contributed by atoms with Crippen LogP contribution >= 0.6 is 0 Å². The molecule has 0 spiro atoms. The fraction of sp³-hybridized carbons (Fsp3) is 0.250. The molecule has 0 saturated heterocycles. The number of carbonyl (C=O) groups excluding carboxylic acids is 2. The van der Waals surface area contributed by atoms with Crippen molar-refractivity contribution in [3.05, 3.63) is 47.7 Å². The molecular weight excluding hydrogens is 256 g/mol. The molecule has 1 aromatic heterocycles. The Hall–Kier alpha value is -2.20. The van der Waals surface area contributed by atoms with Crippen LogP contribution in [-0.2, 0) is 9.53 Å². The lowest BCUT2D eigenvalue weighted by Gasteiger charge is -2.29. The van der Waals surface area contributed by atoms with Crippen molar-refractivity contribution in [1.29, 1.82) is 0 Å². The lowest BCUT2D eigenvalue weighted by molar-refractivity contribution is -0.138. The van der Waals surface area contributed by atoms with E-state index in [0.717, 1.165) is 11.7 Å². The maximum Gasteiger partial charge on any atom is 0.192 e. The lowest BCUT2D eigenvalue weighted by Crippen LogP contribution is -2.31. The van der Waals surface area contributed by atoms with Crippen LogP contribution in [0.2, 0.25) is 0 Å². The second kappa shape index (κ2) is 4.42. The summed E-state index contributed by atoms with van der Waals surface area (Å²) in [5, 5.41) is 0.786. The molecule has 3 rings (SSSR count). The third-order valence-electron chi connectivity index (χ3n) is 3.28. The van der Waals surface area contributed by atoms with Crippen LogP contribution in [0, 0.1) is 0 Å². The Morgan fingerprint density at radius 2 is 2.05 bits per heavy atom. The maximum absolute atomic E-state index is 12.0.